The predicted molar refractivity (Wildman–Crippen MR) is 48.7 cm³/mol. The van der Waals surface area contributed by atoms with Crippen LogP contribution in [0, 0.1) is 0 Å². The van der Waals surface area contributed by atoms with Crippen LogP contribution in [0.2, 0.25) is 0 Å². The first-order valence-corrected chi connectivity index (χ1v) is 4.25. The van der Waals surface area contributed by atoms with Gasteiger partial charge < -0.3 is 15.6 Å². The minimum Gasteiger partial charge on any atom is -0.368 e. The van der Waals surface area contributed by atoms with Gasteiger partial charge in [0, 0.05) is 12.6 Å². The van der Waals surface area contributed by atoms with Gasteiger partial charge in [0.1, 0.15) is 4.84 Å². The van der Waals surface area contributed by atoms with Gasteiger partial charge in [-0.1, -0.05) is 5.16 Å². The zero-order chi connectivity index (χ0) is 9.84. The van der Waals surface area contributed by atoms with Crippen LogP contribution in [0.15, 0.2) is 10.6 Å². The number of aromatic nitrogens is 1. The third-order valence-corrected chi connectivity index (χ3v) is 1.49. The van der Waals surface area contributed by atoms with Crippen LogP contribution in [0.5, 0.6) is 0 Å². The Balaban J connectivity index is 2.49. The molecule has 0 saturated carbocycles. The predicted octanol–water partition coefficient (Wildman–Crippen LogP) is 0.790. The van der Waals surface area contributed by atoms with Crippen LogP contribution in [0.1, 0.15) is 10.5 Å². The van der Waals surface area contributed by atoms with E-state index in [2.05, 4.69) is 15.0 Å². The summed E-state index contributed by atoms with van der Waals surface area (Å²) in [7, 11) is 0. The van der Waals surface area contributed by atoms with E-state index in [0.29, 0.717) is 0 Å². The lowest BCUT2D eigenvalue weighted by Crippen LogP contribution is -2.27. The molecule has 0 saturated heterocycles. The quantitative estimate of drug-likeness (QED) is 0.743. The molecule has 72 valence electrons. The van der Waals surface area contributed by atoms with Gasteiger partial charge in [0.15, 0.2) is 5.69 Å². The number of nitrogens with two attached hydrogens (primary N) is 1. The molecule has 1 rings (SSSR count). The minimum atomic E-state index is -0.645. The van der Waals surface area contributed by atoms with Crippen LogP contribution in [-0.4, -0.2) is 22.4 Å². The van der Waals surface area contributed by atoms with E-state index in [4.69, 9.17) is 28.9 Å². The summed E-state index contributed by atoms with van der Waals surface area (Å²) in [5, 5.41) is 5.83. The number of hydrogen-bond acceptors (Lipinski definition) is 4. The molecule has 0 atom stereocenters. The molecular formula is C6H7Cl2N3O2. The van der Waals surface area contributed by atoms with Crippen molar-refractivity contribution in [1.29, 1.82) is 0 Å². The molecule has 1 aromatic rings. The third-order valence-electron chi connectivity index (χ3n) is 1.18. The first-order chi connectivity index (χ1) is 6.09. The lowest BCUT2D eigenvalue weighted by molar-refractivity contribution is 0.0946. The summed E-state index contributed by atoms with van der Waals surface area (Å²) in [6.07, 6.45) is 0. The second-order valence-corrected chi connectivity index (χ2v) is 3.49. The van der Waals surface area contributed by atoms with Crippen molar-refractivity contribution in [3.8, 4) is 0 Å². The fourth-order valence-corrected chi connectivity index (χ4v) is 0.811. The van der Waals surface area contributed by atoms with Crippen LogP contribution in [0.25, 0.3) is 0 Å². The van der Waals surface area contributed by atoms with Gasteiger partial charge in [0.05, 0.1) is 0 Å². The van der Waals surface area contributed by atoms with E-state index >= 15 is 0 Å². The molecule has 0 aliphatic heterocycles. The molecule has 0 bridgehead atoms. The van der Waals surface area contributed by atoms with Crippen LogP contribution >= 0.6 is 23.2 Å². The number of carbonyl (C=O) groups is 1. The highest BCUT2D eigenvalue weighted by atomic mass is 35.5. The normalized spacial score (nSPS) is 10.4. The standard InChI is InChI=1S/C6H7Cl2N3O2/c7-4(8)2-10-6(12)3-1-5(9)13-11-3/h1,4H,2,9H2,(H,10,12). The number of nitrogens with one attached hydrogen (secondary N) is 1. The zero-order valence-electron chi connectivity index (χ0n) is 6.46. The summed E-state index contributed by atoms with van der Waals surface area (Å²) in [6.45, 7) is 0.148. The average molecular weight is 224 g/mol. The molecule has 0 aromatic carbocycles. The maximum Gasteiger partial charge on any atom is 0.273 e. The number of amides is 1. The molecular weight excluding hydrogens is 217 g/mol. The third kappa shape index (κ3) is 3.12. The molecule has 13 heavy (non-hydrogen) atoms. The van der Waals surface area contributed by atoms with Crippen molar-refractivity contribution in [3.63, 3.8) is 0 Å². The average Bonchev–Trinajstić information content (AvgIpc) is 2.47. The number of hydrogen-bond donors (Lipinski definition) is 2. The van der Waals surface area contributed by atoms with Gasteiger partial charge >= 0.3 is 0 Å². The number of anilines is 1. The molecule has 0 unspecified atom stereocenters. The first kappa shape index (κ1) is 10.1. The van der Waals surface area contributed by atoms with Crippen LogP contribution in [-0.2, 0) is 0 Å². The van der Waals surface area contributed by atoms with Gasteiger partial charge in [-0.05, 0) is 0 Å². The van der Waals surface area contributed by atoms with Crippen LogP contribution in [0.4, 0.5) is 5.88 Å². The van der Waals surface area contributed by atoms with Crippen molar-refractivity contribution >= 4 is 35.0 Å². The highest BCUT2D eigenvalue weighted by Crippen LogP contribution is 2.04. The van der Waals surface area contributed by atoms with Crippen LogP contribution in [0.3, 0.4) is 0 Å². The summed E-state index contributed by atoms with van der Waals surface area (Å²) in [6, 6.07) is 1.31. The van der Waals surface area contributed by atoms with Crippen molar-refractivity contribution < 1.29 is 9.32 Å². The van der Waals surface area contributed by atoms with E-state index in [9.17, 15) is 4.79 Å². The Kier molecular flexibility index (Phi) is 3.39. The van der Waals surface area contributed by atoms with Crippen molar-refractivity contribution in [3.05, 3.63) is 11.8 Å². The Bertz CT molecular complexity index is 300. The number of halogens is 2. The topological polar surface area (TPSA) is 81.2 Å². The Morgan fingerprint density at radius 2 is 2.46 bits per heavy atom. The second kappa shape index (κ2) is 4.34. The molecule has 0 aliphatic carbocycles. The van der Waals surface area contributed by atoms with Crippen molar-refractivity contribution in [2.75, 3.05) is 12.3 Å². The molecule has 3 N–H and O–H groups in total. The maximum atomic E-state index is 11.2. The van der Waals surface area contributed by atoms with Gasteiger partial charge in [0.25, 0.3) is 5.91 Å². The Morgan fingerprint density at radius 1 is 1.77 bits per heavy atom. The van der Waals surface area contributed by atoms with Gasteiger partial charge in [0.2, 0.25) is 5.88 Å². The highest BCUT2D eigenvalue weighted by Gasteiger charge is 2.11. The number of alkyl halides is 2. The number of nitrogens with zero attached hydrogens (tertiary/aromatic N) is 1. The number of nitrogen functional groups attached to an aromatic ring is 1. The second-order valence-electron chi connectivity index (χ2n) is 2.22. The summed E-state index contributed by atoms with van der Waals surface area (Å²) in [5.74, 6) is -0.342. The SMILES string of the molecule is Nc1cc(C(=O)NCC(Cl)Cl)no1. The van der Waals surface area contributed by atoms with Gasteiger partial charge in [-0.15, -0.1) is 23.2 Å². The van der Waals surface area contributed by atoms with Crippen LogP contribution < -0.4 is 11.1 Å². The molecule has 5 nitrogen and oxygen atoms in total. The number of carbonyl (C=O) groups excluding carboxylic acids is 1. The summed E-state index contributed by atoms with van der Waals surface area (Å²) in [4.78, 5) is 10.5. The minimum absolute atomic E-state index is 0.0819. The molecule has 0 aliphatic rings. The van der Waals surface area contributed by atoms with Crippen molar-refractivity contribution in [1.82, 2.24) is 10.5 Å². The molecule has 7 heteroatoms. The van der Waals surface area contributed by atoms with Crippen molar-refractivity contribution in [2.45, 2.75) is 4.84 Å². The summed E-state index contributed by atoms with van der Waals surface area (Å²) >= 11 is 10.8. The van der Waals surface area contributed by atoms with E-state index in [0.717, 1.165) is 0 Å². The monoisotopic (exact) mass is 223 g/mol. The first-order valence-electron chi connectivity index (χ1n) is 3.38. The molecule has 0 spiro atoms. The largest absolute Gasteiger partial charge is 0.368 e. The Morgan fingerprint density at radius 3 is 2.92 bits per heavy atom. The molecule has 0 radical (unpaired) electrons. The fourth-order valence-electron chi connectivity index (χ4n) is 0.657. The zero-order valence-corrected chi connectivity index (χ0v) is 7.97. The summed E-state index contributed by atoms with van der Waals surface area (Å²) < 4.78 is 4.49. The lowest BCUT2D eigenvalue weighted by atomic mass is 10.4. The van der Waals surface area contributed by atoms with E-state index in [-0.39, 0.29) is 18.1 Å². The van der Waals surface area contributed by atoms with E-state index in [1.54, 1.807) is 0 Å². The fraction of sp³-hybridized carbons (Fsp3) is 0.333. The smallest absolute Gasteiger partial charge is 0.273 e. The molecule has 1 amide bonds. The van der Waals surface area contributed by atoms with Gasteiger partial charge in [-0.3, -0.25) is 4.79 Å². The number of rotatable bonds is 3. The van der Waals surface area contributed by atoms with Gasteiger partial charge in [-0.25, -0.2) is 0 Å². The molecule has 1 aromatic heterocycles. The Labute approximate surface area is 84.1 Å². The lowest BCUT2D eigenvalue weighted by Gasteiger charge is -2.01. The molecule has 1 heterocycles. The maximum absolute atomic E-state index is 11.2. The highest BCUT2D eigenvalue weighted by molar-refractivity contribution is 6.44. The van der Waals surface area contributed by atoms with Crippen molar-refractivity contribution in [2.24, 2.45) is 0 Å². The van der Waals surface area contributed by atoms with E-state index in [1.165, 1.54) is 6.07 Å². The van der Waals surface area contributed by atoms with E-state index in [1.807, 2.05) is 0 Å². The summed E-state index contributed by atoms with van der Waals surface area (Å²) in [5.41, 5.74) is 5.31. The molecule has 0 fully saturated rings. The Hall–Kier alpha value is -0.940. The van der Waals surface area contributed by atoms with Gasteiger partial charge in [-0.2, -0.15) is 0 Å². The van der Waals surface area contributed by atoms with E-state index < -0.39 is 10.7 Å².